The molecule has 0 aromatic heterocycles. The molecule has 0 heterocycles. The van der Waals surface area contributed by atoms with Gasteiger partial charge in [0.2, 0.25) is 21.8 Å². The van der Waals surface area contributed by atoms with Crippen molar-refractivity contribution in [2.24, 2.45) is 0 Å². The zero-order valence-electron chi connectivity index (χ0n) is 28.7. The fraction of sp³-hybridized carbons (Fsp3) is 0.400. The summed E-state index contributed by atoms with van der Waals surface area (Å²) in [6.45, 7) is 6.69. The number of carbonyl (C=O) groups is 3. The quantitative estimate of drug-likeness (QED) is 0.139. The summed E-state index contributed by atoms with van der Waals surface area (Å²) >= 11 is 11.9. The van der Waals surface area contributed by atoms with E-state index in [9.17, 15) is 32.3 Å². The molecule has 0 fully saturated rings. The highest BCUT2D eigenvalue weighted by Gasteiger charge is 2.36. The van der Waals surface area contributed by atoms with Gasteiger partial charge in [-0.1, -0.05) is 65.7 Å². The molecule has 3 N–H and O–H groups in total. The highest BCUT2D eigenvalue weighted by Crippen LogP contribution is 2.20. The van der Waals surface area contributed by atoms with Gasteiger partial charge >= 0.3 is 6.09 Å². The Bertz CT molecular complexity index is 1710. The van der Waals surface area contributed by atoms with Gasteiger partial charge in [-0.25, -0.2) is 22.3 Å². The van der Waals surface area contributed by atoms with E-state index in [-0.39, 0.29) is 30.6 Å². The lowest BCUT2D eigenvalue weighted by Gasteiger charge is -2.35. The summed E-state index contributed by atoms with van der Waals surface area (Å²) in [7, 11) is -4.61. The number of carboxylic acid groups (broad SMARTS) is 1. The average Bonchev–Trinajstić information content (AvgIpc) is 3.07. The van der Waals surface area contributed by atoms with Gasteiger partial charge in [0.05, 0.1) is 6.54 Å². The van der Waals surface area contributed by atoms with Gasteiger partial charge in [0.15, 0.2) is 6.29 Å². The molecule has 2 atom stereocenters. The molecule has 3 aromatic carbocycles. The number of amides is 3. The molecule has 0 spiro atoms. The van der Waals surface area contributed by atoms with Crippen molar-refractivity contribution in [3.05, 3.63) is 99.8 Å². The predicted molar refractivity (Wildman–Crippen MR) is 191 cm³/mol. The molecule has 2 unspecified atom stereocenters. The van der Waals surface area contributed by atoms with Crippen LogP contribution in [-0.2, 0) is 42.1 Å². The van der Waals surface area contributed by atoms with Crippen LogP contribution in [0.2, 0.25) is 10.0 Å². The van der Waals surface area contributed by atoms with Crippen molar-refractivity contribution in [1.29, 1.82) is 0 Å². The Morgan fingerprint density at radius 1 is 0.882 bits per heavy atom. The first-order valence-corrected chi connectivity index (χ1v) is 18.5. The third-order valence-corrected chi connectivity index (χ3v) is 9.64. The van der Waals surface area contributed by atoms with Crippen LogP contribution in [0.1, 0.15) is 38.8 Å². The molecule has 16 heteroatoms. The van der Waals surface area contributed by atoms with Gasteiger partial charge in [0.1, 0.15) is 22.8 Å². The van der Waals surface area contributed by atoms with Crippen LogP contribution in [0.25, 0.3) is 0 Å². The van der Waals surface area contributed by atoms with Crippen LogP contribution >= 0.6 is 23.2 Å². The summed E-state index contributed by atoms with van der Waals surface area (Å²) < 4.78 is 54.7. The van der Waals surface area contributed by atoms with Gasteiger partial charge in [0, 0.05) is 48.8 Å². The maximum Gasteiger partial charge on any atom is 0.408 e. The number of rotatable bonds is 19. The van der Waals surface area contributed by atoms with Crippen molar-refractivity contribution in [1.82, 2.24) is 19.8 Å². The van der Waals surface area contributed by atoms with Crippen LogP contribution in [0.3, 0.4) is 0 Å². The Morgan fingerprint density at radius 2 is 1.49 bits per heavy atom. The van der Waals surface area contributed by atoms with Crippen LogP contribution in [0.5, 0.6) is 0 Å². The highest BCUT2D eigenvalue weighted by atomic mass is 35.5. The molecule has 0 saturated heterocycles. The van der Waals surface area contributed by atoms with Gasteiger partial charge < -0.3 is 24.8 Å². The molecule has 0 bridgehead atoms. The largest absolute Gasteiger partial charge is 0.465 e. The number of carbonyl (C=O) groups excluding carboxylic acids is 2. The van der Waals surface area contributed by atoms with E-state index in [4.69, 9.17) is 32.7 Å². The van der Waals surface area contributed by atoms with E-state index in [1.165, 1.54) is 11.0 Å². The Labute approximate surface area is 307 Å². The summed E-state index contributed by atoms with van der Waals surface area (Å²) in [6, 6.07) is 14.6. The standard InChI is InChI=1S/C35H43Cl2FN4O8S/c1-5-49-32(50-6-2)22-41(23(3)4)34(44)29(18-24-12-14-26(36)15-13-24)40-33(43)30(42(35(45)46)21-25-10-8-7-9-11-25)20-39-51(47,48)31-17-16-27(37)19-28(31)38/h7-17,19,23,29-30,32,39H,5-6,18,20-22H2,1-4H3,(H,40,43)(H,45,46). The van der Waals surface area contributed by atoms with Crippen molar-refractivity contribution in [2.45, 2.75) is 70.0 Å². The number of ether oxygens (including phenoxy) is 2. The Hall–Kier alpha value is -3.79. The summed E-state index contributed by atoms with van der Waals surface area (Å²) in [6.07, 6.45) is -2.34. The van der Waals surface area contributed by atoms with Crippen LogP contribution in [0, 0.1) is 5.82 Å². The molecule has 3 amide bonds. The highest BCUT2D eigenvalue weighted by molar-refractivity contribution is 7.89. The monoisotopic (exact) mass is 768 g/mol. The fourth-order valence-electron chi connectivity index (χ4n) is 5.16. The normalized spacial score (nSPS) is 12.8. The summed E-state index contributed by atoms with van der Waals surface area (Å²) in [5.74, 6) is -2.64. The van der Waals surface area contributed by atoms with Crippen LogP contribution in [0.4, 0.5) is 9.18 Å². The zero-order valence-corrected chi connectivity index (χ0v) is 31.1. The SMILES string of the molecule is CCOC(CN(C(=O)C(Cc1ccc(Cl)cc1)NC(=O)C(CNS(=O)(=O)c1ccc(Cl)cc1F)N(Cc1ccccc1)C(=O)O)C(C)C)OCC. The first-order valence-electron chi connectivity index (χ1n) is 16.2. The number of halogens is 3. The Morgan fingerprint density at radius 3 is 2.04 bits per heavy atom. The van der Waals surface area contributed by atoms with E-state index in [1.807, 2.05) is 0 Å². The van der Waals surface area contributed by atoms with Crippen molar-refractivity contribution >= 4 is 51.1 Å². The molecule has 0 aliphatic carbocycles. The molecular formula is C35H43Cl2FN4O8S. The number of sulfonamides is 1. The smallest absolute Gasteiger partial charge is 0.408 e. The molecule has 0 aliphatic heterocycles. The van der Waals surface area contributed by atoms with Gasteiger partial charge in [0.25, 0.3) is 0 Å². The third-order valence-electron chi connectivity index (χ3n) is 7.70. The molecule has 12 nitrogen and oxygen atoms in total. The second-order valence-corrected chi connectivity index (χ2v) is 14.3. The van der Waals surface area contributed by atoms with E-state index >= 15 is 0 Å². The Balaban J connectivity index is 2.04. The maximum absolute atomic E-state index is 14.7. The van der Waals surface area contributed by atoms with Crippen LogP contribution < -0.4 is 10.0 Å². The lowest BCUT2D eigenvalue weighted by molar-refractivity contribution is -0.163. The first kappa shape index (κ1) is 41.6. The number of hydrogen-bond acceptors (Lipinski definition) is 7. The molecule has 0 saturated carbocycles. The topological polar surface area (TPSA) is 155 Å². The Kier molecular flexibility index (Phi) is 16.1. The van der Waals surface area contributed by atoms with Gasteiger partial charge in [-0.3, -0.25) is 14.5 Å². The van der Waals surface area contributed by atoms with E-state index in [1.54, 1.807) is 82.3 Å². The molecule has 0 aliphatic rings. The molecule has 51 heavy (non-hydrogen) atoms. The molecule has 278 valence electrons. The average molecular weight is 770 g/mol. The van der Waals surface area contributed by atoms with E-state index in [2.05, 4.69) is 10.0 Å². The lowest BCUT2D eigenvalue weighted by Crippen LogP contribution is -2.59. The van der Waals surface area contributed by atoms with Crippen molar-refractivity contribution in [3.63, 3.8) is 0 Å². The van der Waals surface area contributed by atoms with Crippen molar-refractivity contribution in [2.75, 3.05) is 26.3 Å². The fourth-order valence-corrected chi connectivity index (χ4v) is 6.54. The number of benzene rings is 3. The minimum absolute atomic E-state index is 0.0241. The number of nitrogens with zero attached hydrogens (tertiary/aromatic N) is 2. The number of hydrogen-bond donors (Lipinski definition) is 3. The lowest BCUT2D eigenvalue weighted by atomic mass is 10.0. The summed E-state index contributed by atoms with van der Waals surface area (Å²) in [4.78, 5) is 42.7. The van der Waals surface area contributed by atoms with Crippen molar-refractivity contribution < 1.29 is 41.8 Å². The minimum Gasteiger partial charge on any atom is -0.465 e. The van der Waals surface area contributed by atoms with E-state index in [0.29, 0.717) is 29.4 Å². The van der Waals surface area contributed by atoms with Gasteiger partial charge in [-0.2, -0.15) is 0 Å². The molecule has 0 radical (unpaired) electrons. The third kappa shape index (κ3) is 12.4. The van der Waals surface area contributed by atoms with Crippen molar-refractivity contribution in [3.8, 4) is 0 Å². The first-order chi connectivity index (χ1) is 24.2. The second kappa shape index (κ2) is 19.7. The van der Waals surface area contributed by atoms with Crippen LogP contribution in [-0.4, -0.2) is 92.0 Å². The minimum atomic E-state index is -4.61. The van der Waals surface area contributed by atoms with E-state index in [0.717, 1.165) is 17.0 Å². The second-order valence-electron chi connectivity index (χ2n) is 11.7. The van der Waals surface area contributed by atoms with Gasteiger partial charge in [-0.15, -0.1) is 0 Å². The van der Waals surface area contributed by atoms with E-state index < -0.39 is 63.6 Å². The van der Waals surface area contributed by atoms with Crippen LogP contribution in [0.15, 0.2) is 77.7 Å². The zero-order chi connectivity index (χ0) is 37.7. The summed E-state index contributed by atoms with van der Waals surface area (Å²) in [5.41, 5.74) is 1.13. The summed E-state index contributed by atoms with van der Waals surface area (Å²) in [5, 5.41) is 13.4. The predicted octanol–water partition coefficient (Wildman–Crippen LogP) is 5.32. The molecule has 3 aromatic rings. The van der Waals surface area contributed by atoms with Gasteiger partial charge in [-0.05, 0) is 69.2 Å². The molecule has 3 rings (SSSR count). The molecular weight excluding hydrogens is 726 g/mol. The number of nitrogens with one attached hydrogen (secondary N) is 2. The maximum atomic E-state index is 14.7.